The fraction of sp³-hybridized carbons (Fsp3) is 1.00. The summed E-state index contributed by atoms with van der Waals surface area (Å²) < 4.78 is 7.90. The Hall–Kier alpha value is 0. The predicted octanol–water partition coefficient (Wildman–Crippen LogP) is 4.49. The van der Waals surface area contributed by atoms with Crippen molar-refractivity contribution in [2.24, 2.45) is 16.7 Å². The Bertz CT molecular complexity index is 137. The van der Waals surface area contributed by atoms with E-state index in [0.717, 1.165) is 6.42 Å². The molecule has 0 heterocycles. The lowest BCUT2D eigenvalue weighted by Crippen LogP contribution is -2.22. The molecule has 0 radical (unpaired) electrons. The zero-order valence-electron chi connectivity index (χ0n) is 10.9. The standard InChI is InChI=1S/C12H26/c1-10(2)8-12(6,7)9-11(3,4)5/h10H,8-9H2,1-7H3/i10T. The van der Waals surface area contributed by atoms with Gasteiger partial charge in [0.05, 0.1) is 0 Å². The van der Waals surface area contributed by atoms with Gasteiger partial charge in [-0.25, -0.2) is 0 Å². The summed E-state index contributed by atoms with van der Waals surface area (Å²) in [5.74, 6) is -0.297. The Balaban J connectivity index is 4.25. The fourth-order valence-corrected chi connectivity index (χ4v) is 2.46. The van der Waals surface area contributed by atoms with Crippen LogP contribution in [0.4, 0.5) is 0 Å². The first kappa shape index (κ1) is 10.1. The Labute approximate surface area is 80.2 Å². The Morgan fingerprint density at radius 3 is 1.75 bits per heavy atom. The largest absolute Gasteiger partial charge is 0.0628 e. The molecule has 0 saturated heterocycles. The first-order valence-electron chi connectivity index (χ1n) is 5.41. The van der Waals surface area contributed by atoms with Crippen molar-refractivity contribution in [1.29, 1.82) is 0 Å². The second-order valence-corrected chi connectivity index (χ2v) is 6.29. The van der Waals surface area contributed by atoms with E-state index in [1.165, 1.54) is 6.42 Å². The van der Waals surface area contributed by atoms with Crippen molar-refractivity contribution in [2.75, 3.05) is 0 Å². The summed E-state index contributed by atoms with van der Waals surface area (Å²) in [6.45, 7) is 15.3. The SMILES string of the molecule is [3H]C(C)(C)CC(C)(C)CC(C)(C)C. The van der Waals surface area contributed by atoms with Crippen LogP contribution in [0, 0.1) is 16.7 Å². The maximum Gasteiger partial charge on any atom is 0.0297 e. The molecule has 0 aliphatic rings. The number of rotatable bonds is 3. The van der Waals surface area contributed by atoms with E-state index in [9.17, 15) is 0 Å². The molecule has 0 nitrogen and oxygen atoms in total. The monoisotopic (exact) mass is 172 g/mol. The molecule has 0 amide bonds. The normalized spacial score (nSPS) is 16.1. The van der Waals surface area contributed by atoms with Gasteiger partial charge in [0.15, 0.2) is 0 Å². The predicted molar refractivity (Wildman–Crippen MR) is 57.3 cm³/mol. The Kier molecular flexibility index (Phi) is 3.20. The van der Waals surface area contributed by atoms with E-state index in [4.69, 9.17) is 1.37 Å². The molecule has 0 aromatic carbocycles. The summed E-state index contributed by atoms with van der Waals surface area (Å²) in [5, 5.41) is 0. The molecular formula is C12H26. The van der Waals surface area contributed by atoms with Crippen molar-refractivity contribution in [2.45, 2.75) is 61.3 Å². The van der Waals surface area contributed by atoms with Crippen molar-refractivity contribution in [3.05, 3.63) is 0 Å². The molecule has 0 rings (SSSR count). The van der Waals surface area contributed by atoms with Crippen LogP contribution in [0.3, 0.4) is 0 Å². The summed E-state index contributed by atoms with van der Waals surface area (Å²) in [7, 11) is 0. The third-order valence-corrected chi connectivity index (χ3v) is 1.84. The van der Waals surface area contributed by atoms with Crippen molar-refractivity contribution < 1.29 is 1.37 Å². The van der Waals surface area contributed by atoms with Crippen LogP contribution in [0.1, 0.15) is 62.7 Å². The van der Waals surface area contributed by atoms with Crippen LogP contribution in [0.15, 0.2) is 0 Å². The number of hydrogen-bond acceptors (Lipinski definition) is 0. The highest BCUT2D eigenvalue weighted by atomic mass is 14.3. The molecule has 0 aliphatic heterocycles. The van der Waals surface area contributed by atoms with E-state index in [2.05, 4.69) is 34.6 Å². The quantitative estimate of drug-likeness (QED) is 0.588. The van der Waals surface area contributed by atoms with E-state index >= 15 is 0 Å². The van der Waals surface area contributed by atoms with Gasteiger partial charge in [0.1, 0.15) is 0 Å². The minimum Gasteiger partial charge on any atom is -0.0628 e. The molecule has 12 heavy (non-hydrogen) atoms. The van der Waals surface area contributed by atoms with Gasteiger partial charge in [-0.15, -0.1) is 0 Å². The zero-order chi connectivity index (χ0) is 10.9. The molecule has 0 unspecified atom stereocenters. The molecule has 0 aromatic rings. The average molecular weight is 172 g/mol. The van der Waals surface area contributed by atoms with Gasteiger partial charge in [0, 0.05) is 1.37 Å². The van der Waals surface area contributed by atoms with Gasteiger partial charge in [-0.1, -0.05) is 48.5 Å². The lowest BCUT2D eigenvalue weighted by molar-refractivity contribution is 0.179. The van der Waals surface area contributed by atoms with Crippen LogP contribution >= 0.6 is 0 Å². The van der Waals surface area contributed by atoms with E-state index in [-0.39, 0.29) is 11.3 Å². The zero-order valence-corrected chi connectivity index (χ0v) is 9.91. The molecule has 0 bridgehead atoms. The topological polar surface area (TPSA) is 0 Å². The molecule has 0 aromatic heterocycles. The third kappa shape index (κ3) is 6.69. The van der Waals surface area contributed by atoms with Gasteiger partial charge >= 0.3 is 0 Å². The third-order valence-electron chi connectivity index (χ3n) is 1.84. The minimum atomic E-state index is -0.297. The van der Waals surface area contributed by atoms with E-state index in [1.54, 1.807) is 0 Å². The molecule has 0 N–H and O–H groups in total. The molecule has 0 aliphatic carbocycles. The van der Waals surface area contributed by atoms with Crippen molar-refractivity contribution in [3.63, 3.8) is 0 Å². The maximum atomic E-state index is 7.90. The molecule has 0 saturated carbocycles. The van der Waals surface area contributed by atoms with Gasteiger partial charge in [-0.2, -0.15) is 0 Å². The van der Waals surface area contributed by atoms with Crippen LogP contribution in [0.5, 0.6) is 0 Å². The highest BCUT2D eigenvalue weighted by Crippen LogP contribution is 2.37. The van der Waals surface area contributed by atoms with Gasteiger partial charge < -0.3 is 0 Å². The smallest absolute Gasteiger partial charge is 0.0297 e. The highest BCUT2D eigenvalue weighted by molar-refractivity contribution is 4.77. The Morgan fingerprint density at radius 1 is 1.08 bits per heavy atom. The molecular weight excluding hydrogens is 144 g/mol. The van der Waals surface area contributed by atoms with E-state index in [0.29, 0.717) is 5.41 Å². The first-order valence-corrected chi connectivity index (χ1v) is 4.91. The van der Waals surface area contributed by atoms with Crippen LogP contribution in [-0.2, 0) is 0 Å². The average Bonchev–Trinajstić information content (AvgIpc) is 1.43. The fourth-order valence-electron chi connectivity index (χ4n) is 2.46. The molecule has 74 valence electrons. The lowest BCUT2D eigenvalue weighted by atomic mass is 9.72. The van der Waals surface area contributed by atoms with Crippen molar-refractivity contribution >= 4 is 0 Å². The summed E-state index contributed by atoms with van der Waals surface area (Å²) in [4.78, 5) is 0. The summed E-state index contributed by atoms with van der Waals surface area (Å²) in [6.07, 6.45) is 2.15. The minimum absolute atomic E-state index is 0.281. The van der Waals surface area contributed by atoms with Crippen molar-refractivity contribution in [3.8, 4) is 0 Å². The number of hydrogen-bond donors (Lipinski definition) is 0. The van der Waals surface area contributed by atoms with Gasteiger partial charge in [0.2, 0.25) is 0 Å². The summed E-state index contributed by atoms with van der Waals surface area (Å²) in [5.41, 5.74) is 0.651. The van der Waals surface area contributed by atoms with Crippen molar-refractivity contribution in [1.82, 2.24) is 0 Å². The highest BCUT2D eigenvalue weighted by Gasteiger charge is 2.25. The van der Waals surface area contributed by atoms with E-state index < -0.39 is 0 Å². The maximum absolute atomic E-state index is 7.90. The van der Waals surface area contributed by atoms with Crippen LogP contribution in [0.2, 0.25) is 0 Å². The van der Waals surface area contributed by atoms with Crippen LogP contribution in [-0.4, -0.2) is 0 Å². The Morgan fingerprint density at radius 2 is 1.50 bits per heavy atom. The molecule has 0 heteroatoms. The van der Waals surface area contributed by atoms with Gasteiger partial charge in [-0.05, 0) is 29.6 Å². The lowest BCUT2D eigenvalue weighted by Gasteiger charge is -2.33. The van der Waals surface area contributed by atoms with Gasteiger partial charge in [0.25, 0.3) is 0 Å². The molecule has 0 fully saturated rings. The van der Waals surface area contributed by atoms with E-state index in [1.807, 2.05) is 13.8 Å². The van der Waals surface area contributed by atoms with Crippen LogP contribution < -0.4 is 0 Å². The first-order chi connectivity index (χ1) is 5.41. The summed E-state index contributed by atoms with van der Waals surface area (Å²) in [6, 6.07) is 0. The molecule has 0 spiro atoms. The second kappa shape index (κ2) is 3.81. The second-order valence-electron chi connectivity index (χ2n) is 6.29. The molecule has 0 atom stereocenters. The summed E-state index contributed by atoms with van der Waals surface area (Å²) >= 11 is 0. The van der Waals surface area contributed by atoms with Gasteiger partial charge in [-0.3, -0.25) is 0 Å². The van der Waals surface area contributed by atoms with Crippen LogP contribution in [0.25, 0.3) is 0 Å².